The number of rotatable bonds is 2. The van der Waals surface area contributed by atoms with Gasteiger partial charge in [0.05, 0.1) is 6.04 Å². The maximum absolute atomic E-state index is 5.44. The summed E-state index contributed by atoms with van der Waals surface area (Å²) in [4.78, 5) is 6.82. The van der Waals surface area contributed by atoms with Gasteiger partial charge in [-0.15, -0.1) is 0 Å². The van der Waals surface area contributed by atoms with Crippen molar-refractivity contribution in [3.05, 3.63) is 0 Å². The second kappa shape index (κ2) is 4.81. The first-order valence-corrected chi connectivity index (χ1v) is 5.77. The van der Waals surface area contributed by atoms with E-state index in [4.69, 9.17) is 5.84 Å². The smallest absolute Gasteiger partial charge is 0.206 e. The monoisotopic (exact) mass is 211 g/mol. The van der Waals surface area contributed by atoms with Crippen LogP contribution < -0.4 is 16.6 Å². The Labute approximate surface area is 91.1 Å². The van der Waals surface area contributed by atoms with E-state index in [0.29, 0.717) is 12.1 Å². The molecule has 1 unspecified atom stereocenters. The molecular formula is C10H21N5. The van der Waals surface area contributed by atoms with Crippen molar-refractivity contribution in [1.29, 1.82) is 0 Å². The molecule has 0 aromatic rings. The summed E-state index contributed by atoms with van der Waals surface area (Å²) < 4.78 is 0. The Morgan fingerprint density at radius 3 is 2.80 bits per heavy atom. The molecule has 1 aliphatic carbocycles. The summed E-state index contributed by atoms with van der Waals surface area (Å²) >= 11 is 0. The summed E-state index contributed by atoms with van der Waals surface area (Å²) in [7, 11) is 2.15. The van der Waals surface area contributed by atoms with Crippen LogP contribution >= 0.6 is 0 Å². The van der Waals surface area contributed by atoms with Crippen molar-refractivity contribution in [2.45, 2.75) is 37.8 Å². The van der Waals surface area contributed by atoms with Gasteiger partial charge in [0, 0.05) is 12.6 Å². The van der Waals surface area contributed by atoms with Crippen molar-refractivity contribution in [3.8, 4) is 0 Å². The molecule has 0 bridgehead atoms. The molecule has 1 saturated carbocycles. The van der Waals surface area contributed by atoms with Crippen LogP contribution in [0.2, 0.25) is 0 Å². The summed E-state index contributed by atoms with van der Waals surface area (Å²) in [6, 6.07) is 0.988. The Hall–Kier alpha value is -0.810. The normalized spacial score (nSPS) is 28.9. The molecule has 1 heterocycles. The Kier molecular flexibility index (Phi) is 3.43. The summed E-state index contributed by atoms with van der Waals surface area (Å²) in [6.45, 7) is 2.27. The number of piperidine rings is 1. The van der Waals surface area contributed by atoms with E-state index in [0.717, 1.165) is 12.5 Å². The maximum atomic E-state index is 5.44. The van der Waals surface area contributed by atoms with E-state index in [1.165, 1.54) is 32.2 Å². The van der Waals surface area contributed by atoms with E-state index in [1.54, 1.807) is 0 Å². The van der Waals surface area contributed by atoms with Crippen molar-refractivity contribution in [2.75, 3.05) is 20.1 Å². The van der Waals surface area contributed by atoms with Gasteiger partial charge in [-0.2, -0.15) is 0 Å². The van der Waals surface area contributed by atoms with Gasteiger partial charge in [0.1, 0.15) is 0 Å². The van der Waals surface area contributed by atoms with Crippen LogP contribution in [-0.2, 0) is 0 Å². The highest BCUT2D eigenvalue weighted by atomic mass is 15.3. The molecule has 0 spiro atoms. The van der Waals surface area contributed by atoms with Crippen molar-refractivity contribution in [3.63, 3.8) is 0 Å². The quantitative estimate of drug-likeness (QED) is 0.253. The van der Waals surface area contributed by atoms with Gasteiger partial charge in [0.25, 0.3) is 0 Å². The van der Waals surface area contributed by atoms with Gasteiger partial charge in [-0.3, -0.25) is 5.43 Å². The van der Waals surface area contributed by atoms with Crippen LogP contribution in [0.1, 0.15) is 25.7 Å². The predicted octanol–water partition coefficient (Wildman–Crippen LogP) is -0.348. The topological polar surface area (TPSA) is 65.7 Å². The fourth-order valence-electron chi connectivity index (χ4n) is 1.98. The SMILES string of the molecule is CN1CCCC(NC(=NC2CC2)NN)C1. The molecule has 1 aliphatic heterocycles. The first-order valence-electron chi connectivity index (χ1n) is 5.77. The number of hydrogen-bond acceptors (Lipinski definition) is 3. The molecule has 86 valence electrons. The van der Waals surface area contributed by atoms with E-state index >= 15 is 0 Å². The van der Waals surface area contributed by atoms with Gasteiger partial charge in [-0.25, -0.2) is 10.8 Å². The van der Waals surface area contributed by atoms with Crippen LogP contribution in [0.15, 0.2) is 4.99 Å². The molecule has 4 N–H and O–H groups in total. The number of hydrazine groups is 1. The Morgan fingerprint density at radius 1 is 1.40 bits per heavy atom. The van der Waals surface area contributed by atoms with Gasteiger partial charge < -0.3 is 10.2 Å². The zero-order valence-electron chi connectivity index (χ0n) is 9.37. The minimum Gasteiger partial charge on any atom is -0.351 e. The van der Waals surface area contributed by atoms with Gasteiger partial charge in [-0.05, 0) is 39.3 Å². The zero-order chi connectivity index (χ0) is 10.7. The Morgan fingerprint density at radius 2 is 2.20 bits per heavy atom. The molecule has 2 rings (SSSR count). The Balaban J connectivity index is 1.82. The number of likely N-dealkylation sites (tertiary alicyclic amines) is 1. The summed E-state index contributed by atoms with van der Waals surface area (Å²) in [5, 5.41) is 3.38. The lowest BCUT2D eigenvalue weighted by atomic mass is 10.1. The van der Waals surface area contributed by atoms with Gasteiger partial charge in [-0.1, -0.05) is 0 Å². The molecule has 0 aromatic carbocycles. The molecule has 0 aromatic heterocycles. The number of nitrogens with zero attached hydrogens (tertiary/aromatic N) is 2. The molecular weight excluding hydrogens is 190 g/mol. The largest absolute Gasteiger partial charge is 0.351 e. The lowest BCUT2D eigenvalue weighted by Gasteiger charge is -2.30. The summed E-state index contributed by atoms with van der Waals surface area (Å²) in [5.74, 6) is 6.21. The van der Waals surface area contributed by atoms with E-state index < -0.39 is 0 Å². The van der Waals surface area contributed by atoms with Crippen LogP contribution in [0, 0.1) is 0 Å². The molecule has 15 heavy (non-hydrogen) atoms. The lowest BCUT2D eigenvalue weighted by molar-refractivity contribution is 0.240. The highest BCUT2D eigenvalue weighted by molar-refractivity contribution is 5.79. The fraction of sp³-hybridized carbons (Fsp3) is 0.900. The zero-order valence-corrected chi connectivity index (χ0v) is 9.37. The maximum Gasteiger partial charge on any atom is 0.206 e. The standard InChI is InChI=1S/C10H21N5/c1-15-6-2-3-9(7-15)13-10(14-11)12-8-4-5-8/h8-9H,2-7,11H2,1H3,(H2,12,13,14). The third kappa shape index (κ3) is 3.35. The molecule has 5 nitrogen and oxygen atoms in total. The lowest BCUT2D eigenvalue weighted by Crippen LogP contribution is -2.52. The third-order valence-electron chi connectivity index (χ3n) is 2.96. The number of likely N-dealkylation sites (N-methyl/N-ethyl adjacent to an activating group) is 1. The van der Waals surface area contributed by atoms with E-state index in [1.807, 2.05) is 0 Å². The molecule has 0 radical (unpaired) electrons. The average molecular weight is 211 g/mol. The minimum absolute atomic E-state index is 0.484. The van der Waals surface area contributed by atoms with Crippen LogP contribution in [0.5, 0.6) is 0 Å². The molecule has 2 aliphatic rings. The highest BCUT2D eigenvalue weighted by Gasteiger charge is 2.22. The van der Waals surface area contributed by atoms with Crippen LogP contribution in [-0.4, -0.2) is 43.1 Å². The fourth-order valence-corrected chi connectivity index (χ4v) is 1.98. The number of nitrogens with one attached hydrogen (secondary N) is 2. The molecule has 0 amide bonds. The minimum atomic E-state index is 0.484. The second-order valence-corrected chi connectivity index (χ2v) is 4.60. The van der Waals surface area contributed by atoms with E-state index in [-0.39, 0.29) is 0 Å². The Bertz CT molecular complexity index is 236. The van der Waals surface area contributed by atoms with Crippen molar-refractivity contribution in [2.24, 2.45) is 10.8 Å². The number of hydrogen-bond donors (Lipinski definition) is 3. The van der Waals surface area contributed by atoms with Crippen LogP contribution in [0.4, 0.5) is 0 Å². The van der Waals surface area contributed by atoms with Gasteiger partial charge in [0.15, 0.2) is 0 Å². The summed E-state index contributed by atoms with van der Waals surface area (Å²) in [5.41, 5.74) is 2.66. The first-order chi connectivity index (χ1) is 7.28. The molecule has 2 fully saturated rings. The number of guanidine groups is 1. The van der Waals surface area contributed by atoms with Crippen molar-refractivity contribution < 1.29 is 0 Å². The average Bonchev–Trinajstić information content (AvgIpc) is 3.01. The number of aliphatic imine (C=N–C) groups is 1. The van der Waals surface area contributed by atoms with Gasteiger partial charge in [0.2, 0.25) is 5.96 Å². The van der Waals surface area contributed by atoms with Gasteiger partial charge >= 0.3 is 0 Å². The molecule has 1 atom stereocenters. The third-order valence-corrected chi connectivity index (χ3v) is 2.96. The first kappa shape index (κ1) is 10.7. The summed E-state index contributed by atoms with van der Waals surface area (Å²) in [6.07, 6.45) is 4.86. The second-order valence-electron chi connectivity index (χ2n) is 4.60. The van der Waals surface area contributed by atoms with E-state index in [2.05, 4.69) is 27.7 Å². The van der Waals surface area contributed by atoms with Crippen LogP contribution in [0.25, 0.3) is 0 Å². The molecule has 5 heteroatoms. The van der Waals surface area contributed by atoms with Crippen molar-refractivity contribution in [1.82, 2.24) is 15.6 Å². The van der Waals surface area contributed by atoms with Crippen LogP contribution in [0.3, 0.4) is 0 Å². The highest BCUT2D eigenvalue weighted by Crippen LogP contribution is 2.23. The molecule has 1 saturated heterocycles. The van der Waals surface area contributed by atoms with Crippen molar-refractivity contribution >= 4 is 5.96 Å². The number of nitrogens with two attached hydrogens (primary N) is 1. The predicted molar refractivity (Wildman–Crippen MR) is 61.4 cm³/mol. The van der Waals surface area contributed by atoms with E-state index in [9.17, 15) is 0 Å².